The minimum absolute atomic E-state index is 0.0659. The fourth-order valence-corrected chi connectivity index (χ4v) is 11.2. The van der Waals surface area contributed by atoms with E-state index >= 15 is 0 Å². The lowest BCUT2D eigenvalue weighted by Gasteiger charge is -2.18. The summed E-state index contributed by atoms with van der Waals surface area (Å²) in [4.78, 5) is 38.2. The van der Waals surface area contributed by atoms with Gasteiger partial charge < -0.3 is 14.2 Å². The van der Waals surface area contributed by atoms with Crippen molar-refractivity contribution < 1.29 is 28.6 Å². The third-order valence-electron chi connectivity index (χ3n) is 16.7. The van der Waals surface area contributed by atoms with E-state index in [9.17, 15) is 14.4 Å². The van der Waals surface area contributed by atoms with Crippen LogP contribution in [0.3, 0.4) is 0 Å². The van der Waals surface area contributed by atoms with Gasteiger partial charge in [0.2, 0.25) is 0 Å². The van der Waals surface area contributed by atoms with Crippen molar-refractivity contribution in [3.05, 3.63) is 24.3 Å². The Morgan fingerprint density at radius 3 is 0.625 bits per heavy atom. The van der Waals surface area contributed by atoms with Crippen LogP contribution >= 0.6 is 0 Å². The second-order valence-corrected chi connectivity index (χ2v) is 24.9. The van der Waals surface area contributed by atoms with Gasteiger partial charge in [-0.2, -0.15) is 0 Å². The summed E-state index contributed by atoms with van der Waals surface area (Å²) in [5, 5.41) is 0. The van der Waals surface area contributed by atoms with Gasteiger partial charge in [-0.25, -0.2) is 0 Å². The number of hydrogen-bond acceptors (Lipinski definition) is 6. The maximum absolute atomic E-state index is 12.9. The van der Waals surface area contributed by atoms with Gasteiger partial charge in [-0.15, -0.1) is 0 Å². The molecular formula is C74H140O6. The highest BCUT2D eigenvalue weighted by Crippen LogP contribution is 2.19. The second-order valence-electron chi connectivity index (χ2n) is 24.9. The summed E-state index contributed by atoms with van der Waals surface area (Å²) < 4.78 is 16.9. The van der Waals surface area contributed by atoms with Crippen LogP contribution in [-0.4, -0.2) is 37.2 Å². The van der Waals surface area contributed by atoms with E-state index in [1.165, 1.54) is 315 Å². The molecule has 0 saturated heterocycles. The first-order valence-electron chi connectivity index (χ1n) is 36.3. The Bertz CT molecular complexity index is 1290. The fourth-order valence-electron chi connectivity index (χ4n) is 11.2. The molecule has 0 radical (unpaired) electrons. The second kappa shape index (κ2) is 69.4. The third-order valence-corrected chi connectivity index (χ3v) is 16.7. The number of carbonyl (C=O) groups is 3. The van der Waals surface area contributed by atoms with Crippen LogP contribution in [-0.2, 0) is 28.6 Å². The molecule has 0 aromatic carbocycles. The number of allylic oxidation sites excluding steroid dienone is 4. The van der Waals surface area contributed by atoms with Crippen LogP contribution in [0.4, 0.5) is 0 Å². The van der Waals surface area contributed by atoms with Gasteiger partial charge in [-0.1, -0.05) is 347 Å². The van der Waals surface area contributed by atoms with E-state index < -0.39 is 6.10 Å². The lowest BCUT2D eigenvalue weighted by Crippen LogP contribution is -2.30. The molecule has 0 saturated carbocycles. The van der Waals surface area contributed by atoms with Gasteiger partial charge >= 0.3 is 17.9 Å². The summed E-state index contributed by atoms with van der Waals surface area (Å²) in [6.45, 7) is 6.67. The molecule has 0 rings (SSSR count). The van der Waals surface area contributed by atoms with E-state index in [0.717, 1.165) is 57.8 Å². The zero-order chi connectivity index (χ0) is 57.8. The van der Waals surface area contributed by atoms with Crippen molar-refractivity contribution in [1.29, 1.82) is 0 Å². The van der Waals surface area contributed by atoms with Gasteiger partial charge in [0.05, 0.1) is 0 Å². The molecule has 0 aromatic heterocycles. The van der Waals surface area contributed by atoms with E-state index in [-0.39, 0.29) is 31.1 Å². The summed E-state index contributed by atoms with van der Waals surface area (Å²) in [7, 11) is 0. The predicted octanol–water partition coefficient (Wildman–Crippen LogP) is 25.0. The molecule has 6 heteroatoms. The Hall–Kier alpha value is -2.11. The van der Waals surface area contributed by atoms with Gasteiger partial charge in [0.15, 0.2) is 6.10 Å². The Morgan fingerprint density at radius 1 is 0.237 bits per heavy atom. The maximum atomic E-state index is 12.9. The molecule has 472 valence electrons. The SMILES string of the molecule is CCCCCCCC/C=C\CCCCCCCCCCCC(=O)OC(COC(=O)CCCCCCCCCC)COC(=O)CCCCCCCCCCCCCCCCCCCCCCCCC/C=C\CCCCCCCCCC. The van der Waals surface area contributed by atoms with Gasteiger partial charge in [0.25, 0.3) is 0 Å². The third kappa shape index (κ3) is 66.7. The van der Waals surface area contributed by atoms with Gasteiger partial charge in [0, 0.05) is 19.3 Å². The number of rotatable bonds is 68. The zero-order valence-electron chi connectivity index (χ0n) is 54.4. The van der Waals surface area contributed by atoms with E-state index in [1.54, 1.807) is 0 Å². The standard InChI is InChI=1S/C74H140O6/c1-4-7-10-13-16-19-21-23-25-27-29-30-31-32-33-34-35-36-37-38-39-40-41-42-43-44-46-47-49-51-53-55-58-61-64-67-73(76)79-70-71(69-78-72(75)66-63-60-57-18-15-12-9-6-3)80-74(77)68-65-62-59-56-54-52-50-48-45-28-26-24-22-20-17-14-11-8-5-2/h24,26-27,29,71H,4-23,25,28,30-70H2,1-3H3/b26-24-,29-27-. The van der Waals surface area contributed by atoms with Crippen molar-refractivity contribution in [3.63, 3.8) is 0 Å². The number of esters is 3. The lowest BCUT2D eigenvalue weighted by molar-refractivity contribution is -0.167. The summed E-state index contributed by atoms with van der Waals surface area (Å²) in [6, 6.07) is 0. The Balaban J connectivity index is 3.95. The van der Waals surface area contributed by atoms with Crippen molar-refractivity contribution >= 4 is 17.9 Å². The molecule has 0 aliphatic rings. The van der Waals surface area contributed by atoms with E-state index in [0.29, 0.717) is 19.3 Å². The van der Waals surface area contributed by atoms with Crippen molar-refractivity contribution in [2.24, 2.45) is 0 Å². The van der Waals surface area contributed by atoms with Crippen LogP contribution < -0.4 is 0 Å². The molecule has 0 fully saturated rings. The molecule has 6 nitrogen and oxygen atoms in total. The van der Waals surface area contributed by atoms with E-state index in [2.05, 4.69) is 45.1 Å². The number of hydrogen-bond donors (Lipinski definition) is 0. The average molecular weight is 1130 g/mol. The van der Waals surface area contributed by atoms with Crippen LogP contribution in [0.2, 0.25) is 0 Å². The highest BCUT2D eigenvalue weighted by Gasteiger charge is 2.19. The molecule has 0 N–H and O–H groups in total. The zero-order valence-corrected chi connectivity index (χ0v) is 54.4. The molecule has 0 spiro atoms. The first-order chi connectivity index (χ1) is 39.5. The quantitative estimate of drug-likeness (QED) is 0.0261. The number of carbonyl (C=O) groups excluding carboxylic acids is 3. The smallest absolute Gasteiger partial charge is 0.306 e. The van der Waals surface area contributed by atoms with Crippen LogP contribution in [0.5, 0.6) is 0 Å². The van der Waals surface area contributed by atoms with Gasteiger partial charge in [0.1, 0.15) is 13.2 Å². The normalized spacial score (nSPS) is 12.1. The summed E-state index contributed by atoms with van der Waals surface area (Å²) >= 11 is 0. The highest BCUT2D eigenvalue weighted by molar-refractivity contribution is 5.71. The molecular weight excluding hydrogens is 985 g/mol. The maximum Gasteiger partial charge on any atom is 0.306 e. The molecule has 0 bridgehead atoms. The predicted molar refractivity (Wildman–Crippen MR) is 349 cm³/mol. The van der Waals surface area contributed by atoms with Crippen LogP contribution in [0.25, 0.3) is 0 Å². The van der Waals surface area contributed by atoms with Gasteiger partial charge in [-0.3, -0.25) is 14.4 Å². The van der Waals surface area contributed by atoms with E-state index in [4.69, 9.17) is 14.2 Å². The van der Waals surface area contributed by atoms with Crippen molar-refractivity contribution in [3.8, 4) is 0 Å². The molecule has 0 aliphatic heterocycles. The van der Waals surface area contributed by atoms with Crippen LogP contribution in [0.1, 0.15) is 412 Å². The molecule has 0 amide bonds. The van der Waals surface area contributed by atoms with Gasteiger partial charge in [-0.05, 0) is 70.6 Å². The molecule has 1 atom stereocenters. The first kappa shape index (κ1) is 77.9. The van der Waals surface area contributed by atoms with Crippen LogP contribution in [0, 0.1) is 0 Å². The fraction of sp³-hybridized carbons (Fsp3) is 0.905. The number of ether oxygens (including phenoxy) is 3. The first-order valence-corrected chi connectivity index (χ1v) is 36.3. The van der Waals surface area contributed by atoms with Crippen molar-refractivity contribution in [1.82, 2.24) is 0 Å². The average Bonchev–Trinajstić information content (AvgIpc) is 3.46. The Morgan fingerprint density at radius 2 is 0.412 bits per heavy atom. The van der Waals surface area contributed by atoms with Crippen molar-refractivity contribution in [2.45, 2.75) is 419 Å². The molecule has 0 aromatic rings. The summed E-state index contributed by atoms with van der Waals surface area (Å²) in [6.07, 6.45) is 85.4. The molecule has 0 heterocycles. The molecule has 1 unspecified atom stereocenters. The van der Waals surface area contributed by atoms with Crippen LogP contribution in [0.15, 0.2) is 24.3 Å². The molecule has 80 heavy (non-hydrogen) atoms. The topological polar surface area (TPSA) is 78.9 Å². The van der Waals surface area contributed by atoms with Crippen molar-refractivity contribution in [2.75, 3.05) is 13.2 Å². The lowest BCUT2D eigenvalue weighted by atomic mass is 10.0. The minimum atomic E-state index is -0.767. The minimum Gasteiger partial charge on any atom is -0.462 e. The molecule has 0 aliphatic carbocycles. The highest BCUT2D eigenvalue weighted by atomic mass is 16.6. The monoisotopic (exact) mass is 1130 g/mol. The summed E-state index contributed by atoms with van der Waals surface area (Å²) in [5.74, 6) is -0.844. The summed E-state index contributed by atoms with van der Waals surface area (Å²) in [5.41, 5.74) is 0. The Kier molecular flexibility index (Phi) is 67.6. The Labute approximate surface area is 500 Å². The number of unbranched alkanes of at least 4 members (excludes halogenated alkanes) is 53. The van der Waals surface area contributed by atoms with E-state index in [1.807, 2.05) is 0 Å². The largest absolute Gasteiger partial charge is 0.462 e.